The Morgan fingerprint density at radius 3 is 2.19 bits per heavy atom. The Balaban J connectivity index is 2.90. The SMILES string of the molecule is CCc1ccc(S(=O)(=O)CC(N)CC)cc1. The molecule has 1 unspecified atom stereocenters. The van der Waals surface area contributed by atoms with Crippen molar-refractivity contribution in [2.45, 2.75) is 37.6 Å². The maximum Gasteiger partial charge on any atom is 0.179 e. The van der Waals surface area contributed by atoms with Crippen LogP contribution in [0.4, 0.5) is 0 Å². The summed E-state index contributed by atoms with van der Waals surface area (Å²) in [5.41, 5.74) is 6.81. The molecule has 0 radical (unpaired) electrons. The average Bonchev–Trinajstić information content (AvgIpc) is 2.28. The largest absolute Gasteiger partial charge is 0.327 e. The molecule has 0 amide bonds. The summed E-state index contributed by atoms with van der Waals surface area (Å²) in [6.07, 6.45) is 1.58. The smallest absolute Gasteiger partial charge is 0.179 e. The van der Waals surface area contributed by atoms with Gasteiger partial charge < -0.3 is 5.73 Å². The van der Waals surface area contributed by atoms with Gasteiger partial charge in [-0.15, -0.1) is 0 Å². The molecular formula is C12H19NO2S. The summed E-state index contributed by atoms with van der Waals surface area (Å²) in [4.78, 5) is 0.369. The van der Waals surface area contributed by atoms with Gasteiger partial charge in [0.05, 0.1) is 10.6 Å². The molecule has 90 valence electrons. The average molecular weight is 241 g/mol. The minimum absolute atomic E-state index is 0.0228. The van der Waals surface area contributed by atoms with Crippen LogP contribution >= 0.6 is 0 Å². The quantitative estimate of drug-likeness (QED) is 0.854. The van der Waals surface area contributed by atoms with Gasteiger partial charge in [-0.3, -0.25) is 0 Å². The van der Waals surface area contributed by atoms with Gasteiger partial charge in [0.1, 0.15) is 0 Å². The van der Waals surface area contributed by atoms with Crippen molar-refractivity contribution < 1.29 is 8.42 Å². The number of sulfone groups is 1. The Hall–Kier alpha value is -0.870. The minimum atomic E-state index is -3.22. The van der Waals surface area contributed by atoms with Crippen molar-refractivity contribution >= 4 is 9.84 Å². The van der Waals surface area contributed by atoms with E-state index in [2.05, 4.69) is 0 Å². The molecule has 0 saturated carbocycles. The van der Waals surface area contributed by atoms with Gasteiger partial charge in [0.15, 0.2) is 9.84 Å². The van der Waals surface area contributed by atoms with Gasteiger partial charge in [-0.05, 0) is 30.5 Å². The molecule has 0 fully saturated rings. The third kappa shape index (κ3) is 3.32. The number of hydrogen-bond donors (Lipinski definition) is 1. The number of hydrogen-bond acceptors (Lipinski definition) is 3. The van der Waals surface area contributed by atoms with Gasteiger partial charge in [0.2, 0.25) is 0 Å². The number of aryl methyl sites for hydroxylation is 1. The Morgan fingerprint density at radius 1 is 1.19 bits per heavy atom. The molecular weight excluding hydrogens is 222 g/mol. The summed E-state index contributed by atoms with van der Waals surface area (Å²) in [7, 11) is -3.22. The first-order valence-corrected chi connectivity index (χ1v) is 7.22. The van der Waals surface area contributed by atoms with E-state index in [1.807, 2.05) is 26.0 Å². The second-order valence-corrected chi connectivity index (χ2v) is 5.98. The number of nitrogens with two attached hydrogens (primary N) is 1. The molecule has 0 spiro atoms. The van der Waals surface area contributed by atoms with Crippen molar-refractivity contribution in [3.8, 4) is 0 Å². The fourth-order valence-electron chi connectivity index (χ4n) is 1.43. The third-order valence-electron chi connectivity index (χ3n) is 2.65. The molecule has 0 bridgehead atoms. The summed E-state index contributed by atoms with van der Waals surface area (Å²) in [5.74, 6) is 0.0228. The highest BCUT2D eigenvalue weighted by atomic mass is 32.2. The van der Waals surface area contributed by atoms with Crippen LogP contribution in [0.15, 0.2) is 29.2 Å². The molecule has 3 nitrogen and oxygen atoms in total. The summed E-state index contributed by atoms with van der Waals surface area (Å²) < 4.78 is 23.8. The number of rotatable bonds is 5. The standard InChI is InChI=1S/C12H19NO2S/c1-3-10-5-7-12(8-6-10)16(14,15)9-11(13)4-2/h5-8,11H,3-4,9,13H2,1-2H3. The van der Waals surface area contributed by atoms with E-state index in [1.165, 1.54) is 0 Å². The molecule has 0 aliphatic heterocycles. The second-order valence-electron chi connectivity index (χ2n) is 3.95. The van der Waals surface area contributed by atoms with Crippen molar-refractivity contribution in [3.63, 3.8) is 0 Å². The van der Waals surface area contributed by atoms with E-state index in [1.54, 1.807) is 12.1 Å². The van der Waals surface area contributed by atoms with Gasteiger partial charge in [0.25, 0.3) is 0 Å². The van der Waals surface area contributed by atoms with E-state index in [0.717, 1.165) is 12.0 Å². The lowest BCUT2D eigenvalue weighted by Crippen LogP contribution is -2.28. The van der Waals surface area contributed by atoms with E-state index >= 15 is 0 Å². The number of benzene rings is 1. The van der Waals surface area contributed by atoms with Crippen LogP contribution in [0.1, 0.15) is 25.8 Å². The van der Waals surface area contributed by atoms with Crippen LogP contribution in [-0.2, 0) is 16.3 Å². The zero-order chi connectivity index (χ0) is 12.2. The van der Waals surface area contributed by atoms with Gasteiger partial charge in [0, 0.05) is 6.04 Å². The molecule has 16 heavy (non-hydrogen) atoms. The zero-order valence-corrected chi connectivity index (χ0v) is 10.6. The molecule has 0 saturated heterocycles. The van der Waals surface area contributed by atoms with Crippen molar-refractivity contribution in [1.82, 2.24) is 0 Å². The Morgan fingerprint density at radius 2 is 1.75 bits per heavy atom. The van der Waals surface area contributed by atoms with Crippen molar-refractivity contribution in [1.29, 1.82) is 0 Å². The van der Waals surface area contributed by atoms with Crippen LogP contribution in [0.2, 0.25) is 0 Å². The maximum atomic E-state index is 11.9. The van der Waals surface area contributed by atoms with E-state index < -0.39 is 9.84 Å². The first kappa shape index (κ1) is 13.2. The van der Waals surface area contributed by atoms with E-state index in [9.17, 15) is 8.42 Å². The predicted molar refractivity (Wildman–Crippen MR) is 66.1 cm³/mol. The Kier molecular flexibility index (Phi) is 4.50. The topological polar surface area (TPSA) is 60.2 Å². The zero-order valence-electron chi connectivity index (χ0n) is 9.81. The van der Waals surface area contributed by atoms with Crippen LogP contribution in [0.25, 0.3) is 0 Å². The highest BCUT2D eigenvalue weighted by Crippen LogP contribution is 2.14. The van der Waals surface area contributed by atoms with E-state index in [4.69, 9.17) is 5.73 Å². The Bertz CT molecular complexity index is 423. The van der Waals surface area contributed by atoms with Crippen LogP contribution in [0.5, 0.6) is 0 Å². The van der Waals surface area contributed by atoms with E-state index in [-0.39, 0.29) is 11.8 Å². The van der Waals surface area contributed by atoms with Crippen LogP contribution in [0.3, 0.4) is 0 Å². The molecule has 0 aliphatic rings. The molecule has 1 aromatic carbocycles. The third-order valence-corrected chi connectivity index (χ3v) is 4.51. The fourth-order valence-corrected chi connectivity index (χ4v) is 2.97. The summed E-state index contributed by atoms with van der Waals surface area (Å²) in [6, 6.07) is 6.75. The van der Waals surface area contributed by atoms with Crippen molar-refractivity contribution in [2.24, 2.45) is 5.73 Å². The highest BCUT2D eigenvalue weighted by molar-refractivity contribution is 7.91. The van der Waals surface area contributed by atoms with Crippen LogP contribution in [-0.4, -0.2) is 20.2 Å². The Labute approximate surface area is 97.6 Å². The first-order valence-electron chi connectivity index (χ1n) is 5.57. The minimum Gasteiger partial charge on any atom is -0.327 e. The molecule has 0 aliphatic carbocycles. The second kappa shape index (κ2) is 5.46. The lowest BCUT2D eigenvalue weighted by atomic mass is 10.2. The lowest BCUT2D eigenvalue weighted by Gasteiger charge is -2.10. The van der Waals surface area contributed by atoms with Crippen LogP contribution in [0, 0.1) is 0 Å². The van der Waals surface area contributed by atoms with Gasteiger partial charge in [-0.2, -0.15) is 0 Å². The van der Waals surface area contributed by atoms with Crippen molar-refractivity contribution in [3.05, 3.63) is 29.8 Å². The molecule has 4 heteroatoms. The van der Waals surface area contributed by atoms with Crippen molar-refractivity contribution in [2.75, 3.05) is 5.75 Å². The molecule has 1 aromatic rings. The summed E-state index contributed by atoms with van der Waals surface area (Å²) >= 11 is 0. The maximum absolute atomic E-state index is 11.9. The van der Waals surface area contributed by atoms with Gasteiger partial charge in [-0.25, -0.2) is 8.42 Å². The van der Waals surface area contributed by atoms with Crippen LogP contribution < -0.4 is 5.73 Å². The summed E-state index contributed by atoms with van der Waals surface area (Å²) in [5, 5.41) is 0. The highest BCUT2D eigenvalue weighted by Gasteiger charge is 2.17. The van der Waals surface area contributed by atoms with E-state index in [0.29, 0.717) is 11.3 Å². The molecule has 1 rings (SSSR count). The first-order chi connectivity index (χ1) is 7.49. The van der Waals surface area contributed by atoms with Gasteiger partial charge in [-0.1, -0.05) is 26.0 Å². The monoisotopic (exact) mass is 241 g/mol. The molecule has 1 atom stereocenters. The normalized spacial score (nSPS) is 13.7. The fraction of sp³-hybridized carbons (Fsp3) is 0.500. The molecule has 0 aromatic heterocycles. The summed E-state index contributed by atoms with van der Waals surface area (Å²) in [6.45, 7) is 3.93. The lowest BCUT2D eigenvalue weighted by molar-refractivity contribution is 0.584. The van der Waals surface area contributed by atoms with Gasteiger partial charge >= 0.3 is 0 Å². The molecule has 2 N–H and O–H groups in total. The molecule has 0 heterocycles. The predicted octanol–water partition coefficient (Wildman–Crippen LogP) is 1.76.